The second-order valence-corrected chi connectivity index (χ2v) is 13.1. The molecule has 3 aromatic carbocycles. The van der Waals surface area contributed by atoms with E-state index in [0.29, 0.717) is 28.8 Å². The molecule has 1 aliphatic rings. The summed E-state index contributed by atoms with van der Waals surface area (Å²) in [5, 5.41) is 19.6. The first-order valence-electron chi connectivity index (χ1n) is 14.4. The normalized spacial score (nSPS) is 15.1. The lowest BCUT2D eigenvalue weighted by Gasteiger charge is -2.29. The van der Waals surface area contributed by atoms with E-state index in [0.717, 1.165) is 39.1 Å². The third-order valence-corrected chi connectivity index (χ3v) is 9.75. The average molecular weight is 690 g/mol. The van der Waals surface area contributed by atoms with Gasteiger partial charge >= 0.3 is 16.3 Å². The summed E-state index contributed by atoms with van der Waals surface area (Å²) in [6.07, 6.45) is 1.88. The number of alkyl halides is 1. The van der Waals surface area contributed by atoms with Crippen LogP contribution in [0.25, 0.3) is 11.0 Å². The maximum Gasteiger partial charge on any atom is 0.385 e. The molecule has 10 nitrogen and oxygen atoms in total. The van der Waals surface area contributed by atoms with E-state index in [-0.39, 0.29) is 43.2 Å². The molecule has 4 aromatic rings. The lowest BCUT2D eigenvalue weighted by atomic mass is 9.84. The number of benzene rings is 3. The van der Waals surface area contributed by atoms with Gasteiger partial charge in [-0.2, -0.15) is 12.7 Å². The summed E-state index contributed by atoms with van der Waals surface area (Å²) in [6, 6.07) is 11.1. The quantitative estimate of drug-likeness (QED) is 0.119. The third kappa shape index (κ3) is 6.59. The van der Waals surface area contributed by atoms with Gasteiger partial charge in [-0.15, -0.1) is 5.10 Å². The number of fused-ring (bicyclic) bond motifs is 2. The number of nitrogens with zero attached hydrogens (tertiary/aromatic N) is 4. The van der Waals surface area contributed by atoms with Crippen LogP contribution in [0.2, 0.25) is 0 Å². The average Bonchev–Trinajstić information content (AvgIpc) is 3.39. The number of hydrogen-bond acceptors (Lipinski definition) is 8. The van der Waals surface area contributed by atoms with Crippen molar-refractivity contribution < 1.29 is 31.6 Å². The molecule has 1 aliphatic heterocycles. The fraction of sp³-hybridized carbons (Fsp3) is 0.387. The van der Waals surface area contributed by atoms with E-state index in [1.165, 1.54) is 24.3 Å². The van der Waals surface area contributed by atoms with E-state index < -0.39 is 28.0 Å². The van der Waals surface area contributed by atoms with Gasteiger partial charge in [0, 0.05) is 36.4 Å². The van der Waals surface area contributed by atoms with Crippen LogP contribution in [0.3, 0.4) is 0 Å². The predicted octanol–water partition coefficient (Wildman–Crippen LogP) is 5.79. The van der Waals surface area contributed by atoms with E-state index in [4.69, 9.17) is 8.92 Å². The van der Waals surface area contributed by atoms with Gasteiger partial charge in [-0.25, -0.2) is 9.07 Å². The highest BCUT2D eigenvalue weighted by Gasteiger charge is 2.33. The van der Waals surface area contributed by atoms with Crippen molar-refractivity contribution in [2.45, 2.75) is 65.6 Å². The van der Waals surface area contributed by atoms with Gasteiger partial charge in [0.1, 0.15) is 22.8 Å². The number of unbranched alkanes of at least 4 members (excludes halogenated alkanes) is 1. The van der Waals surface area contributed by atoms with Gasteiger partial charge in [0.25, 0.3) is 0 Å². The maximum absolute atomic E-state index is 15.6. The molecule has 234 valence electrons. The van der Waals surface area contributed by atoms with Gasteiger partial charge in [-0.05, 0) is 91.8 Å². The van der Waals surface area contributed by atoms with Crippen molar-refractivity contribution in [2.24, 2.45) is 0 Å². The number of aryl methyl sites for hydroxylation is 2. The van der Waals surface area contributed by atoms with E-state index >= 15 is 4.39 Å². The van der Waals surface area contributed by atoms with Crippen molar-refractivity contribution in [1.82, 2.24) is 19.3 Å². The highest BCUT2D eigenvalue weighted by molar-refractivity contribution is 9.09. The van der Waals surface area contributed by atoms with E-state index in [1.807, 2.05) is 23.7 Å². The summed E-state index contributed by atoms with van der Waals surface area (Å²) >= 11 is 3.45. The molecule has 0 saturated carbocycles. The number of esters is 1. The van der Waals surface area contributed by atoms with Gasteiger partial charge in [0.2, 0.25) is 0 Å². The molecule has 0 spiro atoms. The molecule has 2 heterocycles. The molecule has 0 amide bonds. The molecule has 1 atom stereocenters. The number of aromatic nitrogens is 3. The van der Waals surface area contributed by atoms with Crippen molar-refractivity contribution in [1.29, 1.82) is 0 Å². The predicted molar refractivity (Wildman–Crippen MR) is 166 cm³/mol. The van der Waals surface area contributed by atoms with Crippen LogP contribution in [0.15, 0.2) is 42.5 Å². The van der Waals surface area contributed by atoms with Crippen LogP contribution in [-0.4, -0.2) is 50.7 Å². The van der Waals surface area contributed by atoms with Crippen molar-refractivity contribution in [3.63, 3.8) is 0 Å². The second-order valence-electron chi connectivity index (χ2n) is 10.8. The zero-order valence-electron chi connectivity index (χ0n) is 24.7. The summed E-state index contributed by atoms with van der Waals surface area (Å²) in [6.45, 7) is 5.88. The standard InChI is InChI=1S/C31H34BrFN4O6S/c1-4-42-30(39)16-26(25-8-9-28-31(20(25)3)34-35-37(28)12-6-5-11-32)21-13-22(19(2)27(33)15-21)17-36-18-23-14-24(38)7-10-29(23)43-44(36,40)41/h7-10,13-15,26,38H,4-6,11-12,16-18H2,1-3H3. The Morgan fingerprint density at radius 3 is 2.70 bits per heavy atom. The molecular formula is C31H34BrFN4O6S. The highest BCUT2D eigenvalue weighted by atomic mass is 79.9. The Bertz CT molecular complexity index is 1810. The number of aromatic hydroxyl groups is 1. The van der Waals surface area contributed by atoms with E-state index in [9.17, 15) is 18.3 Å². The molecule has 1 N–H and O–H groups in total. The SMILES string of the molecule is CCOC(=O)CC(c1cc(F)c(C)c(CN2Cc3cc(O)ccc3OS2(=O)=O)c1)c1ccc2c(nnn2CCCCBr)c1C. The molecule has 0 fully saturated rings. The number of phenols is 1. The van der Waals surface area contributed by atoms with Crippen LogP contribution in [0, 0.1) is 19.7 Å². The zero-order valence-corrected chi connectivity index (χ0v) is 27.1. The van der Waals surface area contributed by atoms with Crippen LogP contribution in [0.5, 0.6) is 11.5 Å². The largest absolute Gasteiger partial charge is 0.508 e. The molecule has 13 heteroatoms. The Hall–Kier alpha value is -3.55. The minimum absolute atomic E-state index is 0.0241. The minimum atomic E-state index is -4.19. The van der Waals surface area contributed by atoms with Crippen molar-refractivity contribution in [2.75, 3.05) is 11.9 Å². The highest BCUT2D eigenvalue weighted by Crippen LogP contribution is 2.37. The molecular weight excluding hydrogens is 655 g/mol. The fourth-order valence-corrected chi connectivity index (χ4v) is 7.02. The fourth-order valence-electron chi connectivity index (χ4n) is 5.53. The van der Waals surface area contributed by atoms with Gasteiger partial charge in [-0.3, -0.25) is 4.79 Å². The smallest absolute Gasteiger partial charge is 0.385 e. The van der Waals surface area contributed by atoms with Gasteiger partial charge in [-0.1, -0.05) is 33.3 Å². The van der Waals surface area contributed by atoms with Crippen LogP contribution in [-0.2, 0) is 39.5 Å². The molecule has 5 rings (SSSR count). The molecule has 0 bridgehead atoms. The molecule has 0 radical (unpaired) electrons. The van der Waals surface area contributed by atoms with E-state index in [2.05, 4.69) is 26.2 Å². The number of rotatable bonds is 11. The lowest BCUT2D eigenvalue weighted by molar-refractivity contribution is -0.143. The number of phenolic OH excluding ortho intramolecular Hbond substituents is 1. The number of carbonyl (C=O) groups excluding carboxylic acids is 1. The maximum atomic E-state index is 15.6. The van der Waals surface area contributed by atoms with E-state index in [1.54, 1.807) is 19.9 Å². The first kappa shape index (κ1) is 31.9. The third-order valence-electron chi connectivity index (χ3n) is 7.91. The molecule has 1 unspecified atom stereocenters. The zero-order chi connectivity index (χ0) is 31.6. The molecule has 0 saturated heterocycles. The molecule has 0 aliphatic carbocycles. The first-order chi connectivity index (χ1) is 21.0. The lowest BCUT2D eigenvalue weighted by Crippen LogP contribution is -2.37. The molecule has 1 aromatic heterocycles. The van der Waals surface area contributed by atoms with Crippen LogP contribution >= 0.6 is 15.9 Å². The summed E-state index contributed by atoms with van der Waals surface area (Å²) in [5.74, 6) is -1.46. The van der Waals surface area contributed by atoms with Crippen LogP contribution in [0.1, 0.15) is 65.5 Å². The monoisotopic (exact) mass is 688 g/mol. The first-order valence-corrected chi connectivity index (χ1v) is 16.9. The Morgan fingerprint density at radius 2 is 1.95 bits per heavy atom. The summed E-state index contributed by atoms with van der Waals surface area (Å²) in [5.41, 5.74) is 4.82. The van der Waals surface area contributed by atoms with Gasteiger partial charge in [0.15, 0.2) is 0 Å². The molecule has 44 heavy (non-hydrogen) atoms. The topological polar surface area (TPSA) is 124 Å². The summed E-state index contributed by atoms with van der Waals surface area (Å²) in [7, 11) is -4.19. The Labute approximate surface area is 264 Å². The Balaban J connectivity index is 1.54. The van der Waals surface area contributed by atoms with Gasteiger partial charge in [0.05, 0.1) is 18.5 Å². The van der Waals surface area contributed by atoms with Crippen molar-refractivity contribution in [3.05, 3.63) is 81.7 Å². The number of ether oxygens (including phenoxy) is 1. The van der Waals surface area contributed by atoms with Crippen LogP contribution in [0.4, 0.5) is 4.39 Å². The second kappa shape index (κ2) is 13.2. The number of halogens is 2. The van der Waals surface area contributed by atoms with Crippen molar-refractivity contribution >= 4 is 43.2 Å². The number of carbonyl (C=O) groups is 1. The van der Waals surface area contributed by atoms with Gasteiger partial charge < -0.3 is 14.0 Å². The summed E-state index contributed by atoms with van der Waals surface area (Å²) in [4.78, 5) is 12.8. The number of hydrogen-bond donors (Lipinski definition) is 1. The Kier molecular flexibility index (Phi) is 9.56. The minimum Gasteiger partial charge on any atom is -0.508 e. The van der Waals surface area contributed by atoms with Crippen molar-refractivity contribution in [3.8, 4) is 11.5 Å². The van der Waals surface area contributed by atoms with Crippen LogP contribution < -0.4 is 4.18 Å². The summed E-state index contributed by atoms with van der Waals surface area (Å²) < 4.78 is 55.1. The Morgan fingerprint density at radius 1 is 1.16 bits per heavy atom.